The zero-order valence-corrected chi connectivity index (χ0v) is 15.5. The van der Waals surface area contributed by atoms with E-state index in [1.54, 1.807) is 6.92 Å². The van der Waals surface area contributed by atoms with E-state index in [0.717, 1.165) is 36.7 Å². The van der Waals surface area contributed by atoms with Crippen molar-refractivity contribution in [1.29, 1.82) is 0 Å². The molecule has 3 rings (SSSR count). The summed E-state index contributed by atoms with van der Waals surface area (Å²) in [5.41, 5.74) is 0.307. The van der Waals surface area contributed by atoms with Crippen LogP contribution in [0.15, 0.2) is 6.07 Å². The summed E-state index contributed by atoms with van der Waals surface area (Å²) < 4.78 is 0. The van der Waals surface area contributed by atoms with Gasteiger partial charge in [-0.05, 0) is 39.2 Å². The summed E-state index contributed by atoms with van der Waals surface area (Å²) in [6.07, 6.45) is 3.44. The normalized spacial score (nSPS) is 23.7. The fourth-order valence-corrected chi connectivity index (χ4v) is 4.01. The summed E-state index contributed by atoms with van der Waals surface area (Å²) in [4.78, 5) is 24.7. The van der Waals surface area contributed by atoms with Gasteiger partial charge in [0, 0.05) is 39.7 Å². The molecular formula is C18H29N5O2. The lowest BCUT2D eigenvalue weighted by molar-refractivity contribution is -0.133. The van der Waals surface area contributed by atoms with E-state index in [1.165, 1.54) is 0 Å². The van der Waals surface area contributed by atoms with Crippen LogP contribution in [0.5, 0.6) is 0 Å². The monoisotopic (exact) mass is 347 g/mol. The number of rotatable bonds is 4. The van der Waals surface area contributed by atoms with Crippen LogP contribution in [0.25, 0.3) is 0 Å². The van der Waals surface area contributed by atoms with Gasteiger partial charge in [-0.2, -0.15) is 0 Å². The topological polar surface area (TPSA) is 81.6 Å². The van der Waals surface area contributed by atoms with E-state index >= 15 is 0 Å². The van der Waals surface area contributed by atoms with Crippen LogP contribution in [0, 0.1) is 6.92 Å². The number of likely N-dealkylation sites (tertiary alicyclic amines) is 2. The van der Waals surface area contributed by atoms with Gasteiger partial charge in [0.05, 0.1) is 17.3 Å². The lowest BCUT2D eigenvalue weighted by atomic mass is 9.90. The summed E-state index contributed by atoms with van der Waals surface area (Å²) >= 11 is 0. The molecule has 138 valence electrons. The Labute approximate surface area is 149 Å². The first-order chi connectivity index (χ1) is 11.9. The zero-order valence-electron chi connectivity index (χ0n) is 15.5. The van der Waals surface area contributed by atoms with Crippen LogP contribution in [0.3, 0.4) is 0 Å². The van der Waals surface area contributed by atoms with Gasteiger partial charge >= 0.3 is 0 Å². The molecule has 0 spiro atoms. The van der Waals surface area contributed by atoms with Gasteiger partial charge in [-0.3, -0.25) is 9.69 Å². The summed E-state index contributed by atoms with van der Waals surface area (Å²) in [5, 5.41) is 14.1. The molecule has 0 aliphatic carbocycles. The van der Waals surface area contributed by atoms with Crippen molar-refractivity contribution in [2.75, 3.05) is 38.5 Å². The molecule has 3 heterocycles. The van der Waals surface area contributed by atoms with Crippen LogP contribution >= 0.6 is 0 Å². The minimum Gasteiger partial charge on any atom is -0.388 e. The number of anilines is 1. The lowest BCUT2D eigenvalue weighted by Crippen LogP contribution is -2.51. The Bertz CT molecular complexity index is 628. The van der Waals surface area contributed by atoms with Crippen LogP contribution in [-0.4, -0.2) is 69.6 Å². The number of amides is 1. The number of aromatic nitrogens is 2. The molecule has 2 aliphatic rings. The van der Waals surface area contributed by atoms with E-state index in [2.05, 4.69) is 20.2 Å². The molecule has 2 N–H and O–H groups in total. The van der Waals surface area contributed by atoms with Crippen LogP contribution < -0.4 is 5.32 Å². The van der Waals surface area contributed by atoms with Crippen molar-refractivity contribution in [3.8, 4) is 0 Å². The van der Waals surface area contributed by atoms with Crippen molar-refractivity contribution < 1.29 is 9.90 Å². The van der Waals surface area contributed by atoms with Crippen molar-refractivity contribution in [2.24, 2.45) is 0 Å². The fourth-order valence-electron chi connectivity index (χ4n) is 4.01. The molecule has 0 bridgehead atoms. The zero-order chi connectivity index (χ0) is 18.0. The molecule has 2 saturated heterocycles. The highest BCUT2D eigenvalue weighted by Crippen LogP contribution is 2.35. The highest BCUT2D eigenvalue weighted by atomic mass is 16.3. The average molecular weight is 347 g/mol. The van der Waals surface area contributed by atoms with Gasteiger partial charge in [0.1, 0.15) is 11.6 Å². The van der Waals surface area contributed by atoms with E-state index in [0.29, 0.717) is 32.5 Å². The Balaban J connectivity index is 1.70. The van der Waals surface area contributed by atoms with Gasteiger partial charge in [0.2, 0.25) is 5.91 Å². The van der Waals surface area contributed by atoms with Gasteiger partial charge in [-0.25, -0.2) is 9.97 Å². The second kappa shape index (κ2) is 7.25. The standard InChI is InChI=1S/C18H29N5O2/c1-13-20-15(11-17(19-3)21-13)16-5-4-8-23(16)12-18(25)6-9-22(10-7-18)14(2)24/h11,16,25H,4-10,12H2,1-3H3,(H,19,20,21)/t16-/m0/s1. The third-order valence-electron chi connectivity index (χ3n) is 5.46. The average Bonchev–Trinajstić information content (AvgIpc) is 3.02. The number of piperidine rings is 1. The number of hydrogen-bond donors (Lipinski definition) is 2. The summed E-state index contributed by atoms with van der Waals surface area (Å²) in [6, 6.07) is 2.24. The van der Waals surface area contributed by atoms with E-state index in [9.17, 15) is 9.90 Å². The second-order valence-corrected chi connectivity index (χ2v) is 7.33. The van der Waals surface area contributed by atoms with Crippen molar-refractivity contribution in [1.82, 2.24) is 19.8 Å². The molecule has 1 aromatic heterocycles. The number of hydrogen-bond acceptors (Lipinski definition) is 6. The molecule has 7 heteroatoms. The molecule has 1 aromatic rings. The highest BCUT2D eigenvalue weighted by Gasteiger charge is 2.38. The van der Waals surface area contributed by atoms with Crippen molar-refractivity contribution >= 4 is 11.7 Å². The van der Waals surface area contributed by atoms with E-state index in [-0.39, 0.29) is 11.9 Å². The molecule has 25 heavy (non-hydrogen) atoms. The molecular weight excluding hydrogens is 318 g/mol. The molecule has 0 aromatic carbocycles. The maximum atomic E-state index is 11.5. The number of β-amino-alcohol motifs (C(OH)–C–C–N with tert-alkyl or cyclic N) is 1. The third kappa shape index (κ3) is 4.10. The number of aryl methyl sites for hydroxylation is 1. The van der Waals surface area contributed by atoms with Gasteiger partial charge in [-0.1, -0.05) is 0 Å². The van der Waals surface area contributed by atoms with E-state index < -0.39 is 5.60 Å². The number of carbonyl (C=O) groups is 1. The maximum Gasteiger partial charge on any atom is 0.219 e. The molecule has 2 fully saturated rings. The summed E-state index contributed by atoms with van der Waals surface area (Å²) in [7, 11) is 1.86. The fraction of sp³-hybridized carbons (Fsp3) is 0.722. The summed E-state index contributed by atoms with van der Waals surface area (Å²) in [5.74, 6) is 1.70. The first kappa shape index (κ1) is 18.1. The van der Waals surface area contributed by atoms with Crippen LogP contribution in [-0.2, 0) is 4.79 Å². The number of nitrogens with one attached hydrogen (secondary N) is 1. The van der Waals surface area contributed by atoms with Gasteiger partial charge in [0.15, 0.2) is 0 Å². The second-order valence-electron chi connectivity index (χ2n) is 7.33. The van der Waals surface area contributed by atoms with Crippen LogP contribution in [0.1, 0.15) is 50.2 Å². The van der Waals surface area contributed by atoms with Crippen LogP contribution in [0.2, 0.25) is 0 Å². The molecule has 0 saturated carbocycles. The Kier molecular flexibility index (Phi) is 5.24. The van der Waals surface area contributed by atoms with Gasteiger partial charge in [-0.15, -0.1) is 0 Å². The first-order valence-corrected chi connectivity index (χ1v) is 9.15. The molecule has 1 atom stereocenters. The molecule has 1 amide bonds. The predicted molar refractivity (Wildman–Crippen MR) is 96.3 cm³/mol. The Morgan fingerprint density at radius 3 is 2.72 bits per heavy atom. The van der Waals surface area contributed by atoms with E-state index in [1.807, 2.05) is 24.9 Å². The highest BCUT2D eigenvalue weighted by molar-refractivity contribution is 5.73. The van der Waals surface area contributed by atoms with Crippen LogP contribution in [0.4, 0.5) is 5.82 Å². The van der Waals surface area contributed by atoms with Crippen molar-refractivity contribution in [3.63, 3.8) is 0 Å². The van der Waals surface area contributed by atoms with Gasteiger partial charge in [0.25, 0.3) is 0 Å². The molecule has 2 aliphatic heterocycles. The molecule has 7 nitrogen and oxygen atoms in total. The Morgan fingerprint density at radius 1 is 1.36 bits per heavy atom. The maximum absolute atomic E-state index is 11.5. The lowest BCUT2D eigenvalue weighted by Gasteiger charge is -2.41. The first-order valence-electron chi connectivity index (χ1n) is 9.15. The molecule has 0 unspecified atom stereocenters. The SMILES string of the molecule is CNc1cc([C@@H]2CCCN2CC2(O)CCN(C(C)=O)CC2)nc(C)n1. The smallest absolute Gasteiger partial charge is 0.219 e. The largest absolute Gasteiger partial charge is 0.388 e. The summed E-state index contributed by atoms with van der Waals surface area (Å²) in [6.45, 7) is 6.40. The Hall–Kier alpha value is -1.73. The van der Waals surface area contributed by atoms with Gasteiger partial charge < -0.3 is 15.3 Å². The number of carbonyl (C=O) groups excluding carboxylic acids is 1. The third-order valence-corrected chi connectivity index (χ3v) is 5.46. The number of nitrogens with zero attached hydrogens (tertiary/aromatic N) is 4. The number of aliphatic hydroxyl groups is 1. The minimum atomic E-state index is -0.720. The molecule has 0 radical (unpaired) electrons. The van der Waals surface area contributed by atoms with E-state index in [4.69, 9.17) is 0 Å². The van der Waals surface area contributed by atoms with Crippen molar-refractivity contribution in [3.05, 3.63) is 17.6 Å². The minimum absolute atomic E-state index is 0.0946. The predicted octanol–water partition coefficient (Wildman–Crippen LogP) is 1.34. The Morgan fingerprint density at radius 2 is 2.08 bits per heavy atom. The quantitative estimate of drug-likeness (QED) is 0.855. The van der Waals surface area contributed by atoms with Crippen molar-refractivity contribution in [2.45, 2.75) is 51.2 Å².